The summed E-state index contributed by atoms with van der Waals surface area (Å²) in [6.07, 6.45) is 2.66. The molecule has 0 unspecified atom stereocenters. The Balaban J connectivity index is 1.50. The molecule has 0 fully saturated rings. The summed E-state index contributed by atoms with van der Waals surface area (Å²) >= 11 is 0. The van der Waals surface area contributed by atoms with Gasteiger partial charge < -0.3 is 4.57 Å². The zero-order valence-electron chi connectivity index (χ0n) is 20.0. The lowest BCUT2D eigenvalue weighted by Gasteiger charge is -2.16. The summed E-state index contributed by atoms with van der Waals surface area (Å²) in [7, 11) is 0. The third-order valence-corrected chi connectivity index (χ3v) is 6.59. The molecular formula is C27H26N6O2. The lowest BCUT2D eigenvalue weighted by molar-refractivity contribution is 0.0967. The molecule has 2 heterocycles. The summed E-state index contributed by atoms with van der Waals surface area (Å²) in [6.45, 7) is 6.01. The molecule has 2 aromatic carbocycles. The molecule has 0 radical (unpaired) electrons. The number of rotatable bonds is 7. The number of aryl methyl sites for hydroxylation is 1. The Bertz CT molecular complexity index is 1450. The van der Waals surface area contributed by atoms with Crippen LogP contribution in [0.3, 0.4) is 0 Å². The fourth-order valence-corrected chi connectivity index (χ4v) is 4.46. The third-order valence-electron chi connectivity index (χ3n) is 6.59. The standard InChI is InChI=1S/C27H26N6O2/c1-4-5-10-22-28-23-24(26(35)17(3)16(2)25(23)34)33(22)15-18-11-13-19(14-12-18)20-8-6-7-9-21(20)27-29-31-32-30-27/h6-9,11-14H,4-5,10,15H2,1-3H3,(H,29,30,31,32). The highest BCUT2D eigenvalue weighted by Gasteiger charge is 2.34. The second-order valence-electron chi connectivity index (χ2n) is 8.80. The van der Waals surface area contributed by atoms with Crippen molar-refractivity contribution in [2.24, 2.45) is 0 Å². The van der Waals surface area contributed by atoms with Gasteiger partial charge in [0, 0.05) is 29.7 Å². The van der Waals surface area contributed by atoms with Crippen molar-refractivity contribution in [3.05, 3.63) is 82.5 Å². The van der Waals surface area contributed by atoms with Crippen LogP contribution >= 0.6 is 0 Å². The van der Waals surface area contributed by atoms with Gasteiger partial charge in [-0.2, -0.15) is 5.21 Å². The number of aromatic amines is 1. The molecule has 2 aromatic heterocycles. The van der Waals surface area contributed by atoms with Gasteiger partial charge in [-0.05, 0) is 42.2 Å². The number of tetrazole rings is 1. The van der Waals surface area contributed by atoms with Gasteiger partial charge in [-0.1, -0.05) is 61.9 Å². The minimum Gasteiger partial charge on any atom is -0.320 e. The van der Waals surface area contributed by atoms with Crippen LogP contribution in [0.1, 0.15) is 66.0 Å². The van der Waals surface area contributed by atoms with E-state index < -0.39 is 0 Å². The molecule has 8 nitrogen and oxygen atoms in total. The Hall–Kier alpha value is -4.20. The van der Waals surface area contributed by atoms with Gasteiger partial charge >= 0.3 is 0 Å². The van der Waals surface area contributed by atoms with E-state index in [9.17, 15) is 9.59 Å². The molecule has 35 heavy (non-hydrogen) atoms. The van der Waals surface area contributed by atoms with Crippen LogP contribution in [0.5, 0.6) is 0 Å². The van der Waals surface area contributed by atoms with Gasteiger partial charge in [0.1, 0.15) is 17.2 Å². The molecular weight excluding hydrogens is 440 g/mol. The van der Waals surface area contributed by atoms with E-state index in [1.54, 1.807) is 13.8 Å². The van der Waals surface area contributed by atoms with Crippen LogP contribution < -0.4 is 0 Å². The molecule has 1 aliphatic rings. The predicted octanol–water partition coefficient (Wildman–Crippen LogP) is 4.84. The number of nitrogens with one attached hydrogen (secondary N) is 1. The number of carbonyl (C=O) groups is 2. The lowest BCUT2D eigenvalue weighted by atomic mass is 9.92. The average Bonchev–Trinajstić information content (AvgIpc) is 3.54. The molecule has 0 bridgehead atoms. The van der Waals surface area contributed by atoms with Crippen LogP contribution in [0.25, 0.3) is 22.5 Å². The van der Waals surface area contributed by atoms with Crippen molar-refractivity contribution in [1.82, 2.24) is 30.2 Å². The fraction of sp³-hybridized carbons (Fsp3) is 0.259. The van der Waals surface area contributed by atoms with Gasteiger partial charge in [-0.15, -0.1) is 10.2 Å². The van der Waals surface area contributed by atoms with E-state index in [0.717, 1.165) is 47.3 Å². The summed E-state index contributed by atoms with van der Waals surface area (Å²) in [6, 6.07) is 16.1. The van der Waals surface area contributed by atoms with Gasteiger partial charge in [-0.3, -0.25) is 9.59 Å². The summed E-state index contributed by atoms with van der Waals surface area (Å²) < 4.78 is 1.93. The number of H-pyrrole nitrogens is 1. The number of allylic oxidation sites excluding steroid dienone is 2. The van der Waals surface area contributed by atoms with E-state index in [1.165, 1.54) is 0 Å². The number of aromatic nitrogens is 6. The molecule has 0 amide bonds. The molecule has 0 saturated carbocycles. The molecule has 0 saturated heterocycles. The summed E-state index contributed by atoms with van der Waals surface area (Å²) in [5.74, 6) is 1.06. The maximum atomic E-state index is 13.2. The second kappa shape index (κ2) is 9.21. The summed E-state index contributed by atoms with van der Waals surface area (Å²) in [4.78, 5) is 30.7. The number of Topliss-reactive ketones (excluding diaryl/α,β-unsaturated/α-hetero) is 2. The maximum Gasteiger partial charge on any atom is 0.209 e. The number of ketones is 2. The molecule has 1 aliphatic carbocycles. The first kappa shape index (κ1) is 22.6. The highest BCUT2D eigenvalue weighted by molar-refractivity contribution is 6.25. The van der Waals surface area contributed by atoms with E-state index in [4.69, 9.17) is 0 Å². The average molecular weight is 467 g/mol. The van der Waals surface area contributed by atoms with E-state index >= 15 is 0 Å². The van der Waals surface area contributed by atoms with Crippen LogP contribution in [0, 0.1) is 0 Å². The maximum absolute atomic E-state index is 13.2. The molecule has 176 valence electrons. The molecule has 1 N–H and O–H groups in total. The van der Waals surface area contributed by atoms with Crippen molar-refractivity contribution in [2.75, 3.05) is 0 Å². The topological polar surface area (TPSA) is 106 Å². The first-order chi connectivity index (χ1) is 17.0. The van der Waals surface area contributed by atoms with Crippen molar-refractivity contribution < 1.29 is 9.59 Å². The highest BCUT2D eigenvalue weighted by Crippen LogP contribution is 2.31. The number of fused-ring (bicyclic) bond motifs is 1. The number of imidazole rings is 1. The number of unbranched alkanes of at least 4 members (excludes halogenated alkanes) is 1. The van der Waals surface area contributed by atoms with Crippen molar-refractivity contribution in [3.63, 3.8) is 0 Å². The Morgan fingerprint density at radius 1 is 0.914 bits per heavy atom. The van der Waals surface area contributed by atoms with Gasteiger partial charge in [0.05, 0.1) is 0 Å². The quantitative estimate of drug-likeness (QED) is 0.418. The van der Waals surface area contributed by atoms with Crippen LogP contribution in [0.15, 0.2) is 59.7 Å². The van der Waals surface area contributed by atoms with Crippen molar-refractivity contribution in [3.8, 4) is 22.5 Å². The Morgan fingerprint density at radius 3 is 2.31 bits per heavy atom. The third kappa shape index (κ3) is 4.01. The minimum atomic E-state index is -0.151. The molecule has 5 rings (SSSR count). The predicted molar refractivity (Wildman–Crippen MR) is 132 cm³/mol. The number of nitrogens with zero attached hydrogens (tertiary/aromatic N) is 5. The van der Waals surface area contributed by atoms with Gasteiger partial charge in [0.2, 0.25) is 17.4 Å². The zero-order valence-corrected chi connectivity index (χ0v) is 20.0. The van der Waals surface area contributed by atoms with Gasteiger partial charge in [0.25, 0.3) is 0 Å². The Labute approximate surface area is 203 Å². The SMILES string of the molecule is CCCCc1nc2c(n1Cc1ccc(-c3ccccc3-c3nn[nH]n3)cc1)C(=O)C(C)=C(C)C2=O. The van der Waals surface area contributed by atoms with E-state index in [1.807, 2.05) is 53.1 Å². The van der Waals surface area contributed by atoms with Crippen LogP contribution in [-0.2, 0) is 13.0 Å². The highest BCUT2D eigenvalue weighted by atomic mass is 16.1. The van der Waals surface area contributed by atoms with Gasteiger partial charge in [-0.25, -0.2) is 4.98 Å². The number of hydrogen-bond donors (Lipinski definition) is 1. The Kier molecular flexibility index (Phi) is 5.94. The molecule has 4 aromatic rings. The molecule has 0 spiro atoms. The smallest absolute Gasteiger partial charge is 0.209 e. The zero-order chi connectivity index (χ0) is 24.5. The van der Waals surface area contributed by atoms with Crippen molar-refractivity contribution >= 4 is 11.6 Å². The van der Waals surface area contributed by atoms with Gasteiger partial charge in [0.15, 0.2) is 0 Å². The van der Waals surface area contributed by atoms with Crippen molar-refractivity contribution in [2.45, 2.75) is 46.6 Å². The molecule has 0 aliphatic heterocycles. The molecule has 0 atom stereocenters. The minimum absolute atomic E-state index is 0.113. The van der Waals surface area contributed by atoms with Crippen molar-refractivity contribution in [1.29, 1.82) is 0 Å². The molecule has 8 heteroatoms. The largest absolute Gasteiger partial charge is 0.320 e. The normalized spacial score (nSPS) is 13.5. The van der Waals surface area contributed by atoms with Crippen LogP contribution in [0.2, 0.25) is 0 Å². The second-order valence-corrected chi connectivity index (χ2v) is 8.80. The number of benzene rings is 2. The first-order valence-electron chi connectivity index (χ1n) is 11.8. The monoisotopic (exact) mass is 466 g/mol. The van der Waals surface area contributed by atoms with E-state index in [2.05, 4.69) is 32.5 Å². The summed E-state index contributed by atoms with van der Waals surface area (Å²) in [5.41, 5.74) is 5.62. The fourth-order valence-electron chi connectivity index (χ4n) is 4.46. The van der Waals surface area contributed by atoms with E-state index in [-0.39, 0.29) is 17.3 Å². The van der Waals surface area contributed by atoms with Crippen LogP contribution in [0.4, 0.5) is 0 Å². The first-order valence-corrected chi connectivity index (χ1v) is 11.8. The number of hydrogen-bond acceptors (Lipinski definition) is 6. The van der Waals surface area contributed by atoms with E-state index in [0.29, 0.717) is 29.2 Å². The lowest BCUT2D eigenvalue weighted by Crippen LogP contribution is -2.22. The summed E-state index contributed by atoms with van der Waals surface area (Å²) in [5, 5.41) is 14.4. The number of carbonyl (C=O) groups excluding carboxylic acids is 2. The Morgan fingerprint density at radius 2 is 1.63 bits per heavy atom. The van der Waals surface area contributed by atoms with Crippen LogP contribution in [-0.4, -0.2) is 41.7 Å².